The highest BCUT2D eigenvalue weighted by molar-refractivity contribution is 6.07. The molecule has 12 aromatic rings. The van der Waals surface area contributed by atoms with Gasteiger partial charge < -0.3 is 8.83 Å². The molecule has 8 nitrogen and oxygen atoms in total. The SMILES string of the molecule is c1ccc(-n2c3cc(-c4ccc5c(c4)n(-c4ccccc4)c4nc6oc7ccccc7c6n54)ccc3n3c4c(nc23)oc2ccccc24)cc1. The molecule has 0 radical (unpaired) electrons. The third-order valence-corrected chi connectivity index (χ3v) is 10.0. The van der Waals surface area contributed by atoms with E-state index in [9.17, 15) is 0 Å². The van der Waals surface area contributed by atoms with Crippen LogP contribution < -0.4 is 0 Å². The molecule has 0 saturated heterocycles. The summed E-state index contributed by atoms with van der Waals surface area (Å²) in [5, 5.41) is 2.09. The highest BCUT2D eigenvalue weighted by atomic mass is 16.3. The van der Waals surface area contributed by atoms with E-state index >= 15 is 0 Å². The van der Waals surface area contributed by atoms with E-state index in [2.05, 4.69) is 115 Å². The molecule has 6 aromatic heterocycles. The lowest BCUT2D eigenvalue weighted by Crippen LogP contribution is -1.95. The van der Waals surface area contributed by atoms with Gasteiger partial charge in [0.05, 0.1) is 22.1 Å². The number of furan rings is 2. The van der Waals surface area contributed by atoms with E-state index in [1.165, 1.54) is 0 Å². The molecule has 0 fully saturated rings. The number of benzene rings is 6. The first-order chi connectivity index (χ1) is 24.8. The van der Waals surface area contributed by atoms with Gasteiger partial charge in [0.1, 0.15) is 22.2 Å². The summed E-state index contributed by atoms with van der Waals surface area (Å²) in [6, 6.07) is 50.4. The van der Waals surface area contributed by atoms with Crippen LogP contribution in [0, 0.1) is 0 Å². The maximum Gasteiger partial charge on any atom is 0.248 e. The fraction of sp³-hybridized carbons (Fsp3) is 0. The van der Waals surface area contributed by atoms with Crippen molar-refractivity contribution in [3.05, 3.63) is 146 Å². The van der Waals surface area contributed by atoms with Crippen LogP contribution >= 0.6 is 0 Å². The molecule has 50 heavy (non-hydrogen) atoms. The number of imidazole rings is 4. The first kappa shape index (κ1) is 26.0. The van der Waals surface area contributed by atoms with Crippen molar-refractivity contribution in [1.29, 1.82) is 0 Å². The molecule has 0 amide bonds. The van der Waals surface area contributed by atoms with E-state index in [1.807, 2.05) is 48.5 Å². The van der Waals surface area contributed by atoms with Gasteiger partial charge in [-0.25, -0.2) is 0 Å². The molecule has 0 unspecified atom stereocenters. The van der Waals surface area contributed by atoms with Crippen molar-refractivity contribution in [3.8, 4) is 22.5 Å². The van der Waals surface area contributed by atoms with E-state index in [0.717, 1.165) is 89.1 Å². The van der Waals surface area contributed by atoms with Crippen LogP contribution in [0.3, 0.4) is 0 Å². The molecule has 0 spiro atoms. The number of fused-ring (bicyclic) bond motifs is 14. The quantitative estimate of drug-likeness (QED) is 0.192. The summed E-state index contributed by atoms with van der Waals surface area (Å²) >= 11 is 0. The van der Waals surface area contributed by atoms with Gasteiger partial charge >= 0.3 is 0 Å². The predicted octanol–water partition coefficient (Wildman–Crippen LogP) is 10.3. The van der Waals surface area contributed by atoms with Crippen LogP contribution in [0.25, 0.3) is 101 Å². The Labute approximate surface area is 282 Å². The second kappa shape index (κ2) is 9.30. The van der Waals surface area contributed by atoms with Crippen LogP contribution in [0.2, 0.25) is 0 Å². The molecular formula is C42H24N6O2. The average Bonchev–Trinajstić information content (AvgIpc) is 3.98. The summed E-state index contributed by atoms with van der Waals surface area (Å²) in [7, 11) is 0. The van der Waals surface area contributed by atoms with Crippen molar-refractivity contribution in [2.75, 3.05) is 0 Å². The van der Waals surface area contributed by atoms with Crippen LogP contribution in [-0.2, 0) is 0 Å². The highest BCUT2D eigenvalue weighted by Crippen LogP contribution is 2.39. The third kappa shape index (κ3) is 3.29. The molecule has 6 aromatic carbocycles. The number of para-hydroxylation sites is 4. The topological polar surface area (TPSA) is 70.7 Å². The fourth-order valence-corrected chi connectivity index (χ4v) is 7.88. The number of nitrogens with zero attached hydrogens (tertiary/aromatic N) is 6. The van der Waals surface area contributed by atoms with Gasteiger partial charge in [-0.05, 0) is 83.9 Å². The van der Waals surface area contributed by atoms with Crippen molar-refractivity contribution < 1.29 is 8.83 Å². The first-order valence-corrected chi connectivity index (χ1v) is 16.6. The zero-order chi connectivity index (χ0) is 32.5. The molecular weight excluding hydrogens is 621 g/mol. The van der Waals surface area contributed by atoms with Gasteiger partial charge in [-0.2, -0.15) is 9.97 Å². The predicted molar refractivity (Wildman–Crippen MR) is 198 cm³/mol. The molecule has 234 valence electrons. The second-order valence-electron chi connectivity index (χ2n) is 12.7. The number of hydrogen-bond donors (Lipinski definition) is 0. The summed E-state index contributed by atoms with van der Waals surface area (Å²) in [6.45, 7) is 0. The Morgan fingerprint density at radius 3 is 1.28 bits per heavy atom. The lowest BCUT2D eigenvalue weighted by molar-refractivity contribution is 0.656. The van der Waals surface area contributed by atoms with Crippen LogP contribution in [0.4, 0.5) is 0 Å². The van der Waals surface area contributed by atoms with Crippen LogP contribution in [0.1, 0.15) is 0 Å². The molecule has 0 saturated carbocycles. The Balaban J connectivity index is 1.15. The highest BCUT2D eigenvalue weighted by Gasteiger charge is 2.24. The Kier molecular flexibility index (Phi) is 4.83. The average molecular weight is 645 g/mol. The summed E-state index contributed by atoms with van der Waals surface area (Å²) in [4.78, 5) is 10.1. The molecule has 0 N–H and O–H groups in total. The molecule has 0 aliphatic rings. The molecule has 0 atom stereocenters. The van der Waals surface area contributed by atoms with Gasteiger partial charge in [0.25, 0.3) is 0 Å². The van der Waals surface area contributed by atoms with Gasteiger partial charge in [0.2, 0.25) is 23.0 Å². The largest absolute Gasteiger partial charge is 0.436 e. The first-order valence-electron chi connectivity index (χ1n) is 16.6. The lowest BCUT2D eigenvalue weighted by Gasteiger charge is -2.09. The third-order valence-electron chi connectivity index (χ3n) is 10.0. The Morgan fingerprint density at radius 2 is 0.820 bits per heavy atom. The van der Waals surface area contributed by atoms with Crippen molar-refractivity contribution >= 4 is 78.0 Å². The van der Waals surface area contributed by atoms with Crippen molar-refractivity contribution in [2.45, 2.75) is 0 Å². The molecule has 0 aliphatic carbocycles. The summed E-state index contributed by atoms with van der Waals surface area (Å²) < 4.78 is 21.3. The molecule has 6 heterocycles. The van der Waals surface area contributed by atoms with Crippen molar-refractivity contribution in [2.24, 2.45) is 0 Å². The van der Waals surface area contributed by atoms with E-state index in [1.54, 1.807) is 0 Å². The van der Waals surface area contributed by atoms with Crippen LogP contribution in [-0.4, -0.2) is 27.9 Å². The number of hydrogen-bond acceptors (Lipinski definition) is 4. The Hall–Kier alpha value is -7.06. The minimum absolute atomic E-state index is 0.633. The normalized spacial score (nSPS) is 12.4. The van der Waals surface area contributed by atoms with E-state index < -0.39 is 0 Å². The summed E-state index contributed by atoms with van der Waals surface area (Å²) in [5.41, 5.74) is 13.4. The second-order valence-corrected chi connectivity index (χ2v) is 12.7. The van der Waals surface area contributed by atoms with E-state index in [4.69, 9.17) is 18.8 Å². The standard InChI is InChI=1S/C42H24N6O2/c1-3-11-27(12-4-1)45-33-23-25(19-21-31(33)47-37-29-15-7-9-17-35(29)49-39(37)43-41(45)47)26-20-22-32-34(24-26)46(28-13-5-2-6-14-28)42-44-40-38(48(32)42)30-16-8-10-18-36(30)50-40/h1-24H. The molecule has 0 bridgehead atoms. The molecule has 8 heteroatoms. The number of rotatable bonds is 3. The van der Waals surface area contributed by atoms with Gasteiger partial charge in [-0.1, -0.05) is 72.8 Å². The van der Waals surface area contributed by atoms with Crippen molar-refractivity contribution in [3.63, 3.8) is 0 Å². The van der Waals surface area contributed by atoms with Gasteiger partial charge in [-0.3, -0.25) is 17.9 Å². The lowest BCUT2D eigenvalue weighted by atomic mass is 10.0. The van der Waals surface area contributed by atoms with Crippen LogP contribution in [0.5, 0.6) is 0 Å². The minimum Gasteiger partial charge on any atom is -0.436 e. The monoisotopic (exact) mass is 644 g/mol. The van der Waals surface area contributed by atoms with E-state index in [-0.39, 0.29) is 0 Å². The molecule has 0 aliphatic heterocycles. The maximum absolute atomic E-state index is 6.22. The van der Waals surface area contributed by atoms with Gasteiger partial charge in [0.15, 0.2) is 0 Å². The zero-order valence-electron chi connectivity index (χ0n) is 26.4. The minimum atomic E-state index is 0.633. The Bertz CT molecular complexity index is 3090. The van der Waals surface area contributed by atoms with Gasteiger partial charge in [0, 0.05) is 22.1 Å². The Morgan fingerprint density at radius 1 is 0.400 bits per heavy atom. The maximum atomic E-state index is 6.22. The summed E-state index contributed by atoms with van der Waals surface area (Å²) in [5.74, 6) is 1.63. The van der Waals surface area contributed by atoms with Crippen molar-refractivity contribution in [1.82, 2.24) is 27.9 Å². The molecule has 12 rings (SSSR count). The summed E-state index contributed by atoms with van der Waals surface area (Å²) in [6.07, 6.45) is 0. The van der Waals surface area contributed by atoms with E-state index in [0.29, 0.717) is 11.4 Å². The fourth-order valence-electron chi connectivity index (χ4n) is 7.88. The van der Waals surface area contributed by atoms with Crippen LogP contribution in [0.15, 0.2) is 154 Å². The zero-order valence-corrected chi connectivity index (χ0v) is 26.4. The number of aromatic nitrogens is 6. The van der Waals surface area contributed by atoms with Gasteiger partial charge in [-0.15, -0.1) is 0 Å². The smallest absolute Gasteiger partial charge is 0.248 e.